The molecule has 2 aromatic rings. The predicted octanol–water partition coefficient (Wildman–Crippen LogP) is 4.70. The average molecular weight is 508 g/mol. The van der Waals surface area contributed by atoms with Gasteiger partial charge in [-0.1, -0.05) is 34.8 Å². The molecule has 0 saturated carbocycles. The molecule has 0 bridgehead atoms. The number of hydrogen-bond acceptors (Lipinski definition) is 5. The van der Waals surface area contributed by atoms with E-state index in [1.807, 2.05) is 0 Å². The summed E-state index contributed by atoms with van der Waals surface area (Å²) in [6, 6.07) is 7.46. The van der Waals surface area contributed by atoms with Crippen LogP contribution < -0.4 is 14.8 Å². The molecule has 11 heteroatoms. The molecular weight excluding hydrogens is 487 g/mol. The van der Waals surface area contributed by atoms with E-state index in [1.165, 1.54) is 42.8 Å². The summed E-state index contributed by atoms with van der Waals surface area (Å²) in [6.45, 7) is 0.313. The second kappa shape index (κ2) is 9.83. The smallest absolute Gasteiger partial charge is 0.246 e. The third-order valence-corrected chi connectivity index (χ3v) is 7.93. The summed E-state index contributed by atoms with van der Waals surface area (Å²) in [4.78, 5) is 12.8. The molecule has 7 nitrogen and oxygen atoms in total. The first-order valence-electron chi connectivity index (χ1n) is 9.35. The van der Waals surface area contributed by atoms with Crippen molar-refractivity contribution < 1.29 is 22.7 Å². The zero-order chi connectivity index (χ0) is 22.8. The van der Waals surface area contributed by atoms with Crippen molar-refractivity contribution in [1.29, 1.82) is 0 Å². The largest absolute Gasteiger partial charge is 0.497 e. The highest BCUT2D eigenvalue weighted by Gasteiger charge is 2.35. The van der Waals surface area contributed by atoms with E-state index in [4.69, 9.17) is 44.3 Å². The molecule has 1 amide bonds. The van der Waals surface area contributed by atoms with Crippen molar-refractivity contribution in [3.05, 3.63) is 45.4 Å². The van der Waals surface area contributed by atoms with Gasteiger partial charge in [0.25, 0.3) is 0 Å². The molecule has 1 aliphatic heterocycles. The number of halogens is 3. The number of carbonyl (C=O) groups is 1. The average Bonchev–Trinajstić information content (AvgIpc) is 2.77. The molecule has 168 valence electrons. The molecule has 0 radical (unpaired) electrons. The van der Waals surface area contributed by atoms with Crippen LogP contribution in [-0.4, -0.2) is 45.9 Å². The number of sulfonamides is 1. The number of nitrogens with one attached hydrogen (secondary N) is 1. The van der Waals surface area contributed by atoms with Crippen molar-refractivity contribution in [3.63, 3.8) is 0 Å². The lowest BCUT2D eigenvalue weighted by Crippen LogP contribution is -2.43. The van der Waals surface area contributed by atoms with Crippen LogP contribution in [-0.2, 0) is 14.8 Å². The van der Waals surface area contributed by atoms with Gasteiger partial charge >= 0.3 is 0 Å². The molecule has 0 aliphatic carbocycles. The third kappa shape index (κ3) is 5.21. The van der Waals surface area contributed by atoms with Crippen LogP contribution >= 0.6 is 34.8 Å². The number of anilines is 1. The van der Waals surface area contributed by atoms with Gasteiger partial charge in [-0.2, -0.15) is 4.31 Å². The van der Waals surface area contributed by atoms with Crippen molar-refractivity contribution >= 4 is 56.4 Å². The molecule has 3 rings (SSSR count). The molecule has 1 atom stereocenters. The summed E-state index contributed by atoms with van der Waals surface area (Å²) in [6.07, 6.45) is 1.06. The molecule has 1 fully saturated rings. The number of hydrogen-bond donors (Lipinski definition) is 1. The fourth-order valence-electron chi connectivity index (χ4n) is 3.35. The minimum absolute atomic E-state index is 0.0112. The van der Waals surface area contributed by atoms with Gasteiger partial charge in [0.1, 0.15) is 16.4 Å². The molecule has 1 saturated heterocycles. The second-order valence-electron chi connectivity index (χ2n) is 6.95. The topological polar surface area (TPSA) is 84.9 Å². The third-order valence-electron chi connectivity index (χ3n) is 5.01. The lowest BCUT2D eigenvalue weighted by Gasteiger charge is -2.31. The van der Waals surface area contributed by atoms with Crippen LogP contribution in [0, 0.1) is 5.92 Å². The molecule has 0 unspecified atom stereocenters. The maximum absolute atomic E-state index is 13.3. The predicted molar refractivity (Wildman–Crippen MR) is 121 cm³/mol. The highest BCUT2D eigenvalue weighted by molar-refractivity contribution is 7.89. The van der Waals surface area contributed by atoms with Gasteiger partial charge < -0.3 is 14.8 Å². The van der Waals surface area contributed by atoms with Gasteiger partial charge in [-0.3, -0.25) is 4.79 Å². The van der Waals surface area contributed by atoms with Crippen LogP contribution in [0.1, 0.15) is 12.8 Å². The maximum Gasteiger partial charge on any atom is 0.246 e. The SMILES string of the molecule is COc1ccc(OC)c(S(=O)(=O)N2CCC[C@H](C(=O)Nc3cc(Cl)c(Cl)cc3Cl)C2)c1. The number of methoxy groups -OCH3 is 2. The Morgan fingerprint density at radius 2 is 1.77 bits per heavy atom. The van der Waals surface area contributed by atoms with Gasteiger partial charge in [-0.15, -0.1) is 0 Å². The van der Waals surface area contributed by atoms with Crippen molar-refractivity contribution in [1.82, 2.24) is 4.31 Å². The first kappa shape index (κ1) is 23.9. The Morgan fingerprint density at radius 3 is 2.45 bits per heavy atom. The monoisotopic (exact) mass is 506 g/mol. The fourth-order valence-corrected chi connectivity index (χ4v) is 5.64. The van der Waals surface area contributed by atoms with Gasteiger partial charge in [-0.05, 0) is 37.1 Å². The second-order valence-corrected chi connectivity index (χ2v) is 10.1. The summed E-state index contributed by atoms with van der Waals surface area (Å²) < 4.78 is 38.3. The van der Waals surface area contributed by atoms with E-state index in [1.54, 1.807) is 6.07 Å². The zero-order valence-electron chi connectivity index (χ0n) is 16.8. The Morgan fingerprint density at radius 1 is 1.06 bits per heavy atom. The van der Waals surface area contributed by atoms with Crippen LogP contribution in [0.2, 0.25) is 15.1 Å². The Labute approximate surface area is 196 Å². The van der Waals surface area contributed by atoms with E-state index in [-0.39, 0.29) is 38.2 Å². The van der Waals surface area contributed by atoms with Gasteiger partial charge in [0, 0.05) is 19.2 Å². The molecule has 0 aromatic heterocycles. The van der Waals surface area contributed by atoms with Gasteiger partial charge in [0.2, 0.25) is 15.9 Å². The van der Waals surface area contributed by atoms with E-state index in [0.29, 0.717) is 30.8 Å². The normalized spacial score (nSPS) is 17.3. The van der Waals surface area contributed by atoms with Gasteiger partial charge in [-0.25, -0.2) is 8.42 Å². The van der Waals surface area contributed by atoms with Crippen molar-refractivity contribution in [2.24, 2.45) is 5.92 Å². The minimum atomic E-state index is -3.91. The number of amides is 1. The van der Waals surface area contributed by atoms with E-state index >= 15 is 0 Å². The number of piperidine rings is 1. The number of rotatable bonds is 6. The minimum Gasteiger partial charge on any atom is -0.497 e. The van der Waals surface area contributed by atoms with Crippen LogP contribution in [0.5, 0.6) is 11.5 Å². The molecule has 1 heterocycles. The van der Waals surface area contributed by atoms with Crippen molar-refractivity contribution in [3.8, 4) is 11.5 Å². The molecule has 1 aliphatic rings. The number of carbonyl (C=O) groups excluding carboxylic acids is 1. The van der Waals surface area contributed by atoms with Crippen LogP contribution in [0.4, 0.5) is 5.69 Å². The highest BCUT2D eigenvalue weighted by atomic mass is 35.5. The highest BCUT2D eigenvalue weighted by Crippen LogP contribution is 2.35. The van der Waals surface area contributed by atoms with Crippen molar-refractivity contribution in [2.45, 2.75) is 17.7 Å². The summed E-state index contributed by atoms with van der Waals surface area (Å²) in [5.41, 5.74) is 0.315. The molecular formula is C20H21Cl3N2O5S. The summed E-state index contributed by atoms with van der Waals surface area (Å²) in [7, 11) is -1.06. The Bertz CT molecular complexity index is 1090. The van der Waals surface area contributed by atoms with E-state index in [0.717, 1.165) is 0 Å². The number of nitrogens with zero attached hydrogens (tertiary/aromatic N) is 1. The maximum atomic E-state index is 13.3. The molecule has 1 N–H and O–H groups in total. The van der Waals surface area contributed by atoms with E-state index < -0.39 is 15.9 Å². The first-order valence-corrected chi connectivity index (χ1v) is 11.9. The number of ether oxygens (including phenoxy) is 2. The van der Waals surface area contributed by atoms with Crippen LogP contribution in [0.25, 0.3) is 0 Å². The quantitative estimate of drug-likeness (QED) is 0.573. The Hall–Kier alpha value is -1.71. The molecule has 0 spiro atoms. The van der Waals surface area contributed by atoms with Crippen LogP contribution in [0.15, 0.2) is 35.2 Å². The van der Waals surface area contributed by atoms with E-state index in [2.05, 4.69) is 5.32 Å². The summed E-state index contributed by atoms with van der Waals surface area (Å²) in [5.74, 6) is -0.321. The zero-order valence-corrected chi connectivity index (χ0v) is 19.9. The summed E-state index contributed by atoms with van der Waals surface area (Å²) in [5, 5.41) is 3.48. The lowest BCUT2D eigenvalue weighted by atomic mass is 9.98. The lowest BCUT2D eigenvalue weighted by molar-refractivity contribution is -0.120. The molecule has 31 heavy (non-hydrogen) atoms. The van der Waals surface area contributed by atoms with Gasteiger partial charge in [0.05, 0.1) is 40.9 Å². The van der Waals surface area contributed by atoms with Crippen molar-refractivity contribution in [2.75, 3.05) is 32.6 Å². The van der Waals surface area contributed by atoms with E-state index in [9.17, 15) is 13.2 Å². The first-order chi connectivity index (χ1) is 14.7. The molecule has 2 aromatic carbocycles. The van der Waals surface area contributed by atoms with Crippen LogP contribution in [0.3, 0.4) is 0 Å². The van der Waals surface area contributed by atoms with Gasteiger partial charge in [0.15, 0.2) is 0 Å². The number of benzene rings is 2. The fraction of sp³-hybridized carbons (Fsp3) is 0.350. The Balaban J connectivity index is 1.82. The standard InChI is InChI=1S/C20H21Cl3N2O5S/c1-29-13-5-6-18(30-2)19(8-13)31(27,28)25-7-3-4-12(11-25)20(26)24-17-10-15(22)14(21)9-16(17)23/h5-6,8-10,12H,3-4,7,11H2,1-2H3,(H,24,26)/t12-/m0/s1. The Kier molecular flexibility index (Phi) is 7.59. The summed E-state index contributed by atoms with van der Waals surface area (Å²) >= 11 is 18.1.